The molecule has 0 aromatic carbocycles. The molecule has 0 aliphatic heterocycles. The van der Waals surface area contributed by atoms with E-state index in [-0.39, 0.29) is 28.9 Å². The van der Waals surface area contributed by atoms with Crippen LogP contribution in [0.1, 0.15) is 91.9 Å². The van der Waals surface area contributed by atoms with E-state index in [4.69, 9.17) is 4.74 Å². The van der Waals surface area contributed by atoms with Gasteiger partial charge in [-0.15, -0.1) is 0 Å². The van der Waals surface area contributed by atoms with Crippen molar-refractivity contribution in [1.82, 2.24) is 0 Å². The molecule has 3 aliphatic carbocycles. The molecule has 3 fully saturated rings. The normalized spacial score (nSPS) is 35.4. The van der Waals surface area contributed by atoms with E-state index in [0.717, 1.165) is 56.1 Å². The van der Waals surface area contributed by atoms with Crippen molar-refractivity contribution in [2.75, 3.05) is 5.33 Å². The summed E-state index contributed by atoms with van der Waals surface area (Å²) >= 11 is 3.25. The van der Waals surface area contributed by atoms with Crippen molar-refractivity contribution in [3.05, 3.63) is 35.5 Å². The molecule has 3 aliphatic rings. The SMILES string of the molecule is C=C1CC[C@H](O)C/C1=C/C=C1\C[C@H](OC(=O)CBr)C[C@]2(C)[C@@H]([C@H](C)CCCC(C)(C)O)CC[C@@H]12. The number of carbonyl (C=O) groups is 1. The highest BCUT2D eigenvalue weighted by Crippen LogP contribution is 2.60. The Morgan fingerprint density at radius 2 is 2.03 bits per heavy atom. The van der Waals surface area contributed by atoms with Crippen LogP contribution in [0.2, 0.25) is 0 Å². The summed E-state index contributed by atoms with van der Waals surface area (Å²) in [6.07, 6.45) is 13.4. The summed E-state index contributed by atoms with van der Waals surface area (Å²) in [5.41, 5.74) is 3.15. The number of esters is 1. The third-order valence-electron chi connectivity index (χ3n) is 8.72. The lowest BCUT2D eigenvalue weighted by Gasteiger charge is -2.47. The van der Waals surface area contributed by atoms with E-state index in [9.17, 15) is 15.0 Å². The summed E-state index contributed by atoms with van der Waals surface area (Å²) in [5, 5.41) is 20.5. The van der Waals surface area contributed by atoms with Crippen molar-refractivity contribution < 1.29 is 19.7 Å². The fourth-order valence-corrected chi connectivity index (χ4v) is 7.14. The van der Waals surface area contributed by atoms with E-state index < -0.39 is 5.60 Å². The lowest BCUT2D eigenvalue weighted by atomic mass is 9.60. The van der Waals surface area contributed by atoms with E-state index >= 15 is 0 Å². The highest BCUT2D eigenvalue weighted by molar-refractivity contribution is 9.09. The predicted molar refractivity (Wildman–Crippen MR) is 142 cm³/mol. The molecule has 0 aromatic rings. The topological polar surface area (TPSA) is 66.8 Å². The van der Waals surface area contributed by atoms with Gasteiger partial charge in [0.25, 0.3) is 0 Å². The van der Waals surface area contributed by atoms with Gasteiger partial charge < -0.3 is 14.9 Å². The minimum atomic E-state index is -0.609. The third kappa shape index (κ3) is 6.85. The zero-order chi connectivity index (χ0) is 25.1. The molecule has 0 amide bonds. The van der Waals surface area contributed by atoms with Crippen LogP contribution in [0.3, 0.4) is 0 Å². The van der Waals surface area contributed by atoms with Gasteiger partial charge in [-0.25, -0.2) is 0 Å². The van der Waals surface area contributed by atoms with E-state index in [0.29, 0.717) is 24.2 Å². The van der Waals surface area contributed by atoms with Crippen LogP contribution in [0.25, 0.3) is 0 Å². The molecular weight excluding hydrogens is 492 g/mol. The van der Waals surface area contributed by atoms with Gasteiger partial charge in [-0.3, -0.25) is 4.79 Å². The molecule has 5 heteroatoms. The van der Waals surface area contributed by atoms with Crippen LogP contribution in [-0.2, 0) is 9.53 Å². The van der Waals surface area contributed by atoms with Crippen LogP contribution in [0.4, 0.5) is 0 Å². The standard InChI is InChI=1S/C29H45BrO4/c1-19-8-11-23(31)15-21(19)9-10-22-16-24(34-27(32)18-30)17-29(5)25(12-13-26(22)29)20(2)7-6-14-28(3,4)33/h9-10,20,23-26,31,33H,1,6-8,11-18H2,2-5H3/b21-9-,22-10+/t20-,23+,24+,25-,26+,29-/m1/s1. The van der Waals surface area contributed by atoms with Crippen molar-refractivity contribution in [1.29, 1.82) is 0 Å². The molecule has 192 valence electrons. The maximum absolute atomic E-state index is 12.2. The first-order valence-electron chi connectivity index (χ1n) is 13.2. The summed E-state index contributed by atoms with van der Waals surface area (Å²) in [6.45, 7) is 12.8. The fourth-order valence-electron chi connectivity index (χ4n) is 7.01. The van der Waals surface area contributed by atoms with Gasteiger partial charge in [0, 0.05) is 6.42 Å². The van der Waals surface area contributed by atoms with Crippen molar-refractivity contribution in [3.8, 4) is 0 Å². The minimum absolute atomic E-state index is 0.0943. The number of aliphatic hydroxyl groups is 2. The summed E-state index contributed by atoms with van der Waals surface area (Å²) < 4.78 is 5.89. The monoisotopic (exact) mass is 536 g/mol. The number of aliphatic hydroxyl groups excluding tert-OH is 1. The Balaban J connectivity index is 1.82. The largest absolute Gasteiger partial charge is 0.461 e. The molecule has 0 heterocycles. The molecule has 0 bridgehead atoms. The fraction of sp³-hybridized carbons (Fsp3) is 0.759. The number of carbonyl (C=O) groups excluding carboxylic acids is 1. The number of hydrogen-bond donors (Lipinski definition) is 2. The highest BCUT2D eigenvalue weighted by Gasteiger charge is 2.53. The van der Waals surface area contributed by atoms with Gasteiger partial charge >= 0.3 is 5.97 Å². The Kier molecular flexibility index (Phi) is 9.30. The van der Waals surface area contributed by atoms with Crippen molar-refractivity contribution in [2.45, 2.75) is 110 Å². The summed E-state index contributed by atoms with van der Waals surface area (Å²) in [6, 6.07) is 0. The molecule has 0 unspecified atom stereocenters. The first kappa shape index (κ1) is 27.7. The van der Waals surface area contributed by atoms with E-state index in [1.165, 1.54) is 18.4 Å². The first-order chi connectivity index (χ1) is 15.9. The molecule has 2 N–H and O–H groups in total. The smallest absolute Gasteiger partial charge is 0.316 e. The number of ether oxygens (including phenoxy) is 1. The zero-order valence-electron chi connectivity index (χ0n) is 21.6. The average molecular weight is 538 g/mol. The number of allylic oxidation sites excluding steroid dienone is 3. The number of halogens is 1. The van der Waals surface area contributed by atoms with Gasteiger partial charge in [-0.1, -0.05) is 72.5 Å². The van der Waals surface area contributed by atoms with Crippen LogP contribution >= 0.6 is 15.9 Å². The molecule has 34 heavy (non-hydrogen) atoms. The van der Waals surface area contributed by atoms with Gasteiger partial charge in [0.1, 0.15) is 11.4 Å². The van der Waals surface area contributed by atoms with E-state index in [1.807, 2.05) is 13.8 Å². The zero-order valence-corrected chi connectivity index (χ0v) is 23.2. The van der Waals surface area contributed by atoms with Gasteiger partial charge in [-0.2, -0.15) is 0 Å². The van der Waals surface area contributed by atoms with E-state index in [2.05, 4.69) is 48.5 Å². The molecule has 4 nitrogen and oxygen atoms in total. The van der Waals surface area contributed by atoms with Crippen LogP contribution in [0.5, 0.6) is 0 Å². The molecule has 0 saturated heterocycles. The Labute approximate surface area is 215 Å². The molecule has 3 saturated carbocycles. The van der Waals surface area contributed by atoms with Crippen molar-refractivity contribution in [3.63, 3.8) is 0 Å². The summed E-state index contributed by atoms with van der Waals surface area (Å²) in [4.78, 5) is 12.2. The van der Waals surface area contributed by atoms with Crippen LogP contribution in [0, 0.1) is 23.2 Å². The number of fused-ring (bicyclic) bond motifs is 1. The summed E-state index contributed by atoms with van der Waals surface area (Å²) in [7, 11) is 0. The number of hydrogen-bond acceptors (Lipinski definition) is 4. The Morgan fingerprint density at radius 3 is 2.71 bits per heavy atom. The Hall–Kier alpha value is -0.910. The van der Waals surface area contributed by atoms with Crippen molar-refractivity contribution >= 4 is 21.9 Å². The second-order valence-corrected chi connectivity index (χ2v) is 12.6. The second kappa shape index (κ2) is 11.4. The average Bonchev–Trinajstić information content (AvgIpc) is 3.10. The van der Waals surface area contributed by atoms with Gasteiger partial charge in [-0.05, 0) is 87.5 Å². The summed E-state index contributed by atoms with van der Waals surface area (Å²) in [5.74, 6) is 1.44. The molecular formula is C29H45BrO4. The Bertz CT molecular complexity index is 807. The highest BCUT2D eigenvalue weighted by atomic mass is 79.9. The Morgan fingerprint density at radius 1 is 1.29 bits per heavy atom. The molecule has 3 rings (SSSR count). The second-order valence-electron chi connectivity index (χ2n) is 12.0. The first-order valence-corrected chi connectivity index (χ1v) is 14.3. The van der Waals surface area contributed by atoms with E-state index in [1.54, 1.807) is 0 Å². The minimum Gasteiger partial charge on any atom is -0.461 e. The molecule has 0 spiro atoms. The van der Waals surface area contributed by atoms with Crippen molar-refractivity contribution in [2.24, 2.45) is 23.2 Å². The molecule has 6 atom stereocenters. The maximum Gasteiger partial charge on any atom is 0.316 e. The predicted octanol–water partition coefficient (Wildman–Crippen LogP) is 6.65. The van der Waals surface area contributed by atoms with Crippen LogP contribution < -0.4 is 0 Å². The quantitative estimate of drug-likeness (QED) is 0.269. The van der Waals surface area contributed by atoms with Gasteiger partial charge in [0.15, 0.2) is 0 Å². The van der Waals surface area contributed by atoms with Crippen LogP contribution in [-0.4, -0.2) is 39.3 Å². The lowest BCUT2D eigenvalue weighted by Crippen LogP contribution is -2.42. The third-order valence-corrected chi connectivity index (χ3v) is 9.18. The lowest BCUT2D eigenvalue weighted by molar-refractivity contribution is -0.149. The number of alkyl halides is 1. The molecule has 0 radical (unpaired) electrons. The van der Waals surface area contributed by atoms with Crippen LogP contribution in [0.15, 0.2) is 35.5 Å². The number of rotatable bonds is 8. The maximum atomic E-state index is 12.2. The van der Waals surface area contributed by atoms with Gasteiger partial charge in [0.05, 0.1) is 11.7 Å². The molecule has 0 aromatic heterocycles. The van der Waals surface area contributed by atoms with Gasteiger partial charge in [0.2, 0.25) is 0 Å².